The molecule has 0 bridgehead atoms. The van der Waals surface area contributed by atoms with Crippen LogP contribution in [0.5, 0.6) is 5.75 Å². The van der Waals surface area contributed by atoms with Gasteiger partial charge in [-0.2, -0.15) is 4.39 Å². The van der Waals surface area contributed by atoms with Crippen LogP contribution in [0.4, 0.5) is 15.8 Å². The molecule has 2 aromatic carbocycles. The minimum Gasteiger partial charge on any atom is -0.464 e. The van der Waals surface area contributed by atoms with Crippen LogP contribution in [0.2, 0.25) is 0 Å². The monoisotopic (exact) mass is 471 g/mol. The molecule has 0 aromatic heterocycles. The number of carbonyl (C=O) groups is 1. The molecule has 178 valence electrons. The van der Waals surface area contributed by atoms with Crippen molar-refractivity contribution in [3.05, 3.63) is 60.6 Å². The molecule has 0 fully saturated rings. The van der Waals surface area contributed by atoms with Gasteiger partial charge in [0.25, 0.3) is 0 Å². The molecule has 1 heterocycles. The average molecular weight is 472 g/mol. The summed E-state index contributed by atoms with van der Waals surface area (Å²) >= 11 is 1.85. The fourth-order valence-corrected chi connectivity index (χ4v) is 5.61. The molecule has 0 N–H and O–H groups in total. The third-order valence-corrected chi connectivity index (χ3v) is 7.51. The van der Waals surface area contributed by atoms with Crippen LogP contribution in [0, 0.1) is 5.41 Å². The molecule has 1 aliphatic heterocycles. The zero-order valence-electron chi connectivity index (χ0n) is 19.8. The minimum absolute atomic E-state index is 0.212. The summed E-state index contributed by atoms with van der Waals surface area (Å²) in [6.45, 7) is 5.48. The highest BCUT2D eigenvalue weighted by atomic mass is 32.2. The van der Waals surface area contributed by atoms with Gasteiger partial charge in [-0.05, 0) is 48.6 Å². The first-order chi connectivity index (χ1) is 16.0. The van der Waals surface area contributed by atoms with Gasteiger partial charge in [0, 0.05) is 22.9 Å². The fourth-order valence-electron chi connectivity index (χ4n) is 4.24. The Balaban J connectivity index is 1.97. The Morgan fingerprint density at radius 2 is 1.82 bits per heavy atom. The highest BCUT2D eigenvalue weighted by Crippen LogP contribution is 2.48. The van der Waals surface area contributed by atoms with Crippen LogP contribution in [-0.2, 0) is 9.53 Å². The lowest BCUT2D eigenvalue weighted by Crippen LogP contribution is -2.36. The van der Waals surface area contributed by atoms with E-state index in [4.69, 9.17) is 4.74 Å². The van der Waals surface area contributed by atoms with E-state index in [0.717, 1.165) is 36.3 Å². The van der Waals surface area contributed by atoms with E-state index in [1.165, 1.54) is 44.2 Å². The zero-order chi connectivity index (χ0) is 23.7. The molecule has 6 heteroatoms. The first-order valence-electron chi connectivity index (χ1n) is 11.7. The number of fused-ring (bicyclic) bond motifs is 1. The number of ether oxygens (including phenoxy) is 2. The van der Waals surface area contributed by atoms with Gasteiger partial charge in [0.05, 0.1) is 12.8 Å². The number of para-hydroxylation sites is 1. The molecule has 0 unspecified atom stereocenters. The maximum Gasteiger partial charge on any atom is 0.370 e. The maximum atomic E-state index is 13.8. The van der Waals surface area contributed by atoms with Crippen molar-refractivity contribution in [3.8, 4) is 5.75 Å². The molecule has 0 atom stereocenters. The predicted molar refractivity (Wildman–Crippen MR) is 134 cm³/mol. The molecule has 0 radical (unpaired) electrons. The van der Waals surface area contributed by atoms with Gasteiger partial charge in [-0.1, -0.05) is 57.7 Å². The number of unbranched alkanes of at least 4 members (excludes halogenated alkanes) is 2. The van der Waals surface area contributed by atoms with Crippen LogP contribution < -0.4 is 9.64 Å². The van der Waals surface area contributed by atoms with Gasteiger partial charge in [0.2, 0.25) is 5.83 Å². The van der Waals surface area contributed by atoms with Crippen LogP contribution in [-0.4, -0.2) is 25.4 Å². The van der Waals surface area contributed by atoms with Gasteiger partial charge in [-0.25, -0.2) is 4.79 Å². The summed E-state index contributed by atoms with van der Waals surface area (Å²) in [6, 6.07) is 16.3. The van der Waals surface area contributed by atoms with Crippen molar-refractivity contribution in [1.82, 2.24) is 0 Å². The Labute approximate surface area is 201 Å². The number of halogens is 1. The summed E-state index contributed by atoms with van der Waals surface area (Å²) in [6.07, 6.45) is 8.01. The van der Waals surface area contributed by atoms with Crippen LogP contribution in [0.15, 0.2) is 65.5 Å². The summed E-state index contributed by atoms with van der Waals surface area (Å²) in [4.78, 5) is 14.8. The summed E-state index contributed by atoms with van der Waals surface area (Å²) in [5.74, 6) is -0.600. The summed E-state index contributed by atoms with van der Waals surface area (Å²) < 4.78 is 23.6. The topological polar surface area (TPSA) is 38.8 Å². The molecule has 1 aliphatic rings. The Hall–Kier alpha value is -2.47. The molecular weight excluding hydrogens is 437 g/mol. The zero-order valence-corrected chi connectivity index (χ0v) is 20.6. The molecule has 33 heavy (non-hydrogen) atoms. The molecule has 0 amide bonds. The number of esters is 1. The van der Waals surface area contributed by atoms with E-state index in [0.29, 0.717) is 5.75 Å². The number of thioether (sulfide) groups is 1. The maximum absolute atomic E-state index is 13.8. The minimum atomic E-state index is -1.07. The highest BCUT2D eigenvalue weighted by molar-refractivity contribution is 7.99. The van der Waals surface area contributed by atoms with Crippen molar-refractivity contribution in [2.75, 3.05) is 24.3 Å². The lowest BCUT2D eigenvalue weighted by atomic mass is 9.79. The smallest absolute Gasteiger partial charge is 0.370 e. The fraction of sp³-hybridized carbons (Fsp3) is 0.444. The van der Waals surface area contributed by atoms with E-state index in [1.54, 1.807) is 0 Å². The number of rotatable bonds is 10. The van der Waals surface area contributed by atoms with Gasteiger partial charge in [-0.3, -0.25) is 0 Å². The van der Waals surface area contributed by atoms with E-state index < -0.39 is 11.8 Å². The van der Waals surface area contributed by atoms with Crippen molar-refractivity contribution in [1.29, 1.82) is 0 Å². The number of carbonyl (C=O) groups excluding carboxylic acids is 1. The van der Waals surface area contributed by atoms with E-state index in [1.807, 2.05) is 36.0 Å². The molecular formula is C27H34FNO3S. The normalized spacial score (nSPS) is 15.5. The second-order valence-corrected chi connectivity index (χ2v) is 9.64. The van der Waals surface area contributed by atoms with Gasteiger partial charge < -0.3 is 14.4 Å². The first kappa shape index (κ1) is 25.2. The van der Waals surface area contributed by atoms with Crippen LogP contribution in [0.25, 0.3) is 0 Å². The third kappa shape index (κ3) is 6.53. The van der Waals surface area contributed by atoms with Gasteiger partial charge in [0.1, 0.15) is 12.0 Å². The van der Waals surface area contributed by atoms with E-state index in [2.05, 4.69) is 47.7 Å². The predicted octanol–water partition coefficient (Wildman–Crippen LogP) is 7.66. The summed E-state index contributed by atoms with van der Waals surface area (Å²) in [7, 11) is 1.14. The van der Waals surface area contributed by atoms with Crippen molar-refractivity contribution in [2.24, 2.45) is 5.41 Å². The summed E-state index contributed by atoms with van der Waals surface area (Å²) in [5.41, 5.74) is 2.51. The second kappa shape index (κ2) is 12.1. The Morgan fingerprint density at radius 3 is 2.45 bits per heavy atom. The molecule has 0 saturated carbocycles. The van der Waals surface area contributed by atoms with Crippen molar-refractivity contribution in [2.45, 2.75) is 57.3 Å². The van der Waals surface area contributed by atoms with Gasteiger partial charge in [0.15, 0.2) is 0 Å². The van der Waals surface area contributed by atoms with Crippen LogP contribution in [0.1, 0.15) is 52.4 Å². The number of anilines is 2. The Morgan fingerprint density at radius 1 is 1.12 bits per heavy atom. The third-order valence-electron chi connectivity index (χ3n) is 6.12. The van der Waals surface area contributed by atoms with Gasteiger partial charge >= 0.3 is 5.97 Å². The lowest BCUT2D eigenvalue weighted by molar-refractivity contribution is -0.137. The van der Waals surface area contributed by atoms with E-state index in [9.17, 15) is 9.18 Å². The number of methoxy groups -OCH3 is 1. The molecule has 0 spiro atoms. The standard InChI is InChI=1S/C27H34FNO3S/c1-4-6-15-27(16-7-5-2)19-29(21-11-9-8-10-12-21)24-14-13-22(17-25(24)33-20-27)32-18-23(28)26(30)31-3/h8-14,17-18H,4-7,15-16,19-20H2,1-3H3/b23-18-. The molecule has 3 rings (SSSR count). The van der Waals surface area contributed by atoms with E-state index in [-0.39, 0.29) is 5.41 Å². The van der Waals surface area contributed by atoms with Crippen molar-refractivity contribution >= 4 is 29.1 Å². The largest absolute Gasteiger partial charge is 0.464 e. The lowest BCUT2D eigenvalue weighted by Gasteiger charge is -2.37. The summed E-state index contributed by atoms with van der Waals surface area (Å²) in [5, 5.41) is 0. The first-order valence-corrected chi connectivity index (χ1v) is 12.7. The quantitative estimate of drug-likeness (QED) is 0.202. The number of hydrogen-bond donors (Lipinski definition) is 0. The molecule has 4 nitrogen and oxygen atoms in total. The number of benzene rings is 2. The van der Waals surface area contributed by atoms with Crippen LogP contribution >= 0.6 is 11.8 Å². The van der Waals surface area contributed by atoms with E-state index >= 15 is 0 Å². The number of nitrogens with zero attached hydrogens (tertiary/aromatic N) is 1. The average Bonchev–Trinajstić information content (AvgIpc) is 3.02. The highest BCUT2D eigenvalue weighted by Gasteiger charge is 2.35. The Kier molecular flexibility index (Phi) is 9.24. The van der Waals surface area contributed by atoms with Crippen molar-refractivity contribution in [3.63, 3.8) is 0 Å². The number of hydrogen-bond acceptors (Lipinski definition) is 5. The Bertz CT molecular complexity index is 940. The van der Waals surface area contributed by atoms with Crippen LogP contribution in [0.3, 0.4) is 0 Å². The molecule has 0 saturated heterocycles. The second-order valence-electron chi connectivity index (χ2n) is 8.62. The van der Waals surface area contributed by atoms with Gasteiger partial charge in [-0.15, -0.1) is 11.8 Å². The molecule has 0 aliphatic carbocycles. The van der Waals surface area contributed by atoms with Crippen molar-refractivity contribution < 1.29 is 18.7 Å². The molecule has 2 aromatic rings. The SMILES string of the molecule is CCCCC1(CCCC)CSc2cc(O/C=C(\F)C(=O)OC)ccc2N(c2ccccc2)C1.